The van der Waals surface area contributed by atoms with Gasteiger partial charge in [-0.25, -0.2) is 0 Å². The second-order valence-electron chi connectivity index (χ2n) is 2.38. The molecule has 4 N–H and O–H groups in total. The fraction of sp³-hybridized carbons (Fsp3) is 0.800. The summed E-state index contributed by atoms with van der Waals surface area (Å²) >= 11 is 0. The quantitative estimate of drug-likeness (QED) is 0.406. The average molecular weight is 174 g/mol. The minimum atomic E-state index is -1.82. The number of aliphatic carboxylic acids is 1. The molecule has 0 saturated carbocycles. The molecule has 0 heterocycles. The molecule has 62 valence electrons. The van der Waals surface area contributed by atoms with E-state index in [0.717, 1.165) is 0 Å². The van der Waals surface area contributed by atoms with Crippen molar-refractivity contribution in [2.75, 3.05) is 0 Å². The van der Waals surface area contributed by atoms with E-state index in [-0.39, 0.29) is 35.0 Å². The number of hydrogen-bond donors (Lipinski definition) is 2. The molecule has 0 saturated heterocycles. The first-order valence-corrected chi connectivity index (χ1v) is 2.47. The molecule has 0 aromatic carbocycles. The number of carbonyl (C=O) groups is 1. The van der Waals surface area contributed by atoms with Crippen LogP contribution in [0.2, 0.25) is 0 Å². The van der Waals surface area contributed by atoms with Gasteiger partial charge in [-0.1, -0.05) is 0 Å². The van der Waals surface area contributed by atoms with Gasteiger partial charge in [0.2, 0.25) is 0 Å². The summed E-state index contributed by atoms with van der Waals surface area (Å²) in [5.41, 5.74) is -1.63. The van der Waals surface area contributed by atoms with E-state index in [1.807, 2.05) is 0 Å². The van der Waals surface area contributed by atoms with E-state index in [2.05, 4.69) is 0 Å². The summed E-state index contributed by atoms with van der Waals surface area (Å²) in [4.78, 5) is 9.82. The first-order chi connectivity index (χ1) is 3.85. The number of aliphatic hydroxyl groups is 2. The molecular formula is C5H11NaO5. The molecule has 0 aromatic heterocycles. The summed E-state index contributed by atoms with van der Waals surface area (Å²) in [6.45, 7) is 2.38. The minimum absolute atomic E-state index is 0. The van der Waals surface area contributed by atoms with E-state index in [4.69, 9.17) is 10.2 Å². The molecule has 0 fully saturated rings. The topological polar surface area (TPSA) is 112 Å². The second-order valence-corrected chi connectivity index (χ2v) is 2.38. The van der Waals surface area contributed by atoms with Gasteiger partial charge in [0.15, 0.2) is 0 Å². The molecule has 11 heavy (non-hydrogen) atoms. The number of hydrogen-bond acceptors (Lipinski definition) is 4. The Morgan fingerprint density at radius 3 is 1.82 bits per heavy atom. The van der Waals surface area contributed by atoms with Gasteiger partial charge in [-0.15, -0.1) is 0 Å². The summed E-state index contributed by atoms with van der Waals surface area (Å²) in [5.74, 6) is -1.66. The van der Waals surface area contributed by atoms with Crippen LogP contribution in [0.4, 0.5) is 0 Å². The standard InChI is InChI=1S/C5H10O4.Na.H2O/c1-5(2,9)3(6)4(7)8;;/h3,6,9H,1-2H3,(H,7,8);;1H2/q;+1;/p-1. The molecule has 0 radical (unpaired) electrons. The zero-order chi connectivity index (χ0) is 7.65. The van der Waals surface area contributed by atoms with Crippen molar-refractivity contribution in [1.82, 2.24) is 0 Å². The van der Waals surface area contributed by atoms with Crippen LogP contribution in [-0.2, 0) is 4.79 Å². The predicted octanol–water partition coefficient (Wildman–Crippen LogP) is -5.95. The first kappa shape index (κ1) is 17.4. The molecule has 1 atom stereocenters. The second kappa shape index (κ2) is 5.93. The van der Waals surface area contributed by atoms with Gasteiger partial charge in [-0.05, 0) is 13.8 Å². The van der Waals surface area contributed by atoms with Crippen LogP contribution in [0.3, 0.4) is 0 Å². The molecule has 0 spiro atoms. The normalized spacial score (nSPS) is 12.4. The van der Waals surface area contributed by atoms with Crippen LogP contribution in [0.5, 0.6) is 0 Å². The van der Waals surface area contributed by atoms with Crippen molar-refractivity contribution < 1.29 is 55.1 Å². The molecular weight excluding hydrogens is 163 g/mol. The molecule has 1 unspecified atom stereocenters. The molecule has 0 aliphatic carbocycles. The number of carboxylic acid groups (broad SMARTS) is 1. The van der Waals surface area contributed by atoms with Gasteiger partial charge in [0.05, 0.1) is 11.6 Å². The maximum absolute atomic E-state index is 9.82. The Hall–Kier alpha value is 0.350. The molecule has 0 rings (SSSR count). The Bertz CT molecular complexity index is 119. The Morgan fingerprint density at radius 1 is 1.55 bits per heavy atom. The van der Waals surface area contributed by atoms with Crippen molar-refractivity contribution in [2.45, 2.75) is 25.6 Å². The Labute approximate surface area is 86.6 Å². The largest absolute Gasteiger partial charge is 1.00 e. The van der Waals surface area contributed by atoms with Crippen molar-refractivity contribution in [3.8, 4) is 0 Å². The summed E-state index contributed by atoms with van der Waals surface area (Å²) in [6.07, 6.45) is -1.82. The third-order valence-corrected chi connectivity index (χ3v) is 0.892. The van der Waals surface area contributed by atoms with Gasteiger partial charge < -0.3 is 25.6 Å². The molecule has 0 aromatic rings. The van der Waals surface area contributed by atoms with Crippen LogP contribution < -0.4 is 34.7 Å². The zero-order valence-electron chi connectivity index (χ0n) is 6.79. The summed E-state index contributed by atoms with van der Waals surface area (Å²) < 4.78 is 0. The van der Waals surface area contributed by atoms with Crippen LogP contribution in [-0.4, -0.2) is 33.4 Å². The number of carboxylic acids is 1. The average Bonchev–Trinajstić information content (AvgIpc) is 1.62. The van der Waals surface area contributed by atoms with Crippen molar-refractivity contribution in [1.29, 1.82) is 0 Å². The van der Waals surface area contributed by atoms with Crippen molar-refractivity contribution in [3.63, 3.8) is 0 Å². The van der Waals surface area contributed by atoms with Crippen LogP contribution in [0.15, 0.2) is 0 Å². The fourth-order valence-corrected chi connectivity index (χ4v) is 0.288. The van der Waals surface area contributed by atoms with Crippen molar-refractivity contribution in [2.24, 2.45) is 0 Å². The van der Waals surface area contributed by atoms with Gasteiger partial charge in [-0.2, -0.15) is 0 Å². The zero-order valence-corrected chi connectivity index (χ0v) is 8.79. The molecule has 0 aliphatic heterocycles. The Morgan fingerprint density at radius 2 is 1.82 bits per heavy atom. The van der Waals surface area contributed by atoms with Crippen molar-refractivity contribution in [3.05, 3.63) is 0 Å². The van der Waals surface area contributed by atoms with Crippen LogP contribution in [0.1, 0.15) is 13.8 Å². The SMILES string of the molecule is CC(C)(O)C(O)C(=O)[O-].O.[Na+]. The maximum atomic E-state index is 9.82. The number of aliphatic hydroxyl groups excluding tert-OH is 1. The number of rotatable bonds is 2. The van der Waals surface area contributed by atoms with Crippen LogP contribution >= 0.6 is 0 Å². The van der Waals surface area contributed by atoms with E-state index in [1.165, 1.54) is 13.8 Å². The minimum Gasteiger partial charge on any atom is -0.547 e. The first-order valence-electron chi connectivity index (χ1n) is 2.47. The van der Waals surface area contributed by atoms with Gasteiger partial charge in [0.1, 0.15) is 6.10 Å². The smallest absolute Gasteiger partial charge is 0.547 e. The van der Waals surface area contributed by atoms with E-state index < -0.39 is 17.7 Å². The fourth-order valence-electron chi connectivity index (χ4n) is 0.288. The molecule has 0 bridgehead atoms. The van der Waals surface area contributed by atoms with E-state index in [9.17, 15) is 9.90 Å². The van der Waals surface area contributed by atoms with E-state index in [1.54, 1.807) is 0 Å². The summed E-state index contributed by atoms with van der Waals surface area (Å²) in [7, 11) is 0. The Kier molecular flexibility index (Phi) is 9.40. The third-order valence-electron chi connectivity index (χ3n) is 0.892. The molecule has 5 nitrogen and oxygen atoms in total. The van der Waals surface area contributed by atoms with Crippen molar-refractivity contribution >= 4 is 5.97 Å². The van der Waals surface area contributed by atoms with Gasteiger partial charge >= 0.3 is 29.6 Å². The maximum Gasteiger partial charge on any atom is 1.00 e. The summed E-state index contributed by atoms with van der Waals surface area (Å²) in [6, 6.07) is 0. The van der Waals surface area contributed by atoms with Crippen LogP contribution in [0.25, 0.3) is 0 Å². The molecule has 0 amide bonds. The predicted molar refractivity (Wildman–Crippen MR) is 30.9 cm³/mol. The monoisotopic (exact) mass is 174 g/mol. The Balaban J connectivity index is -0.000000320. The molecule has 6 heteroatoms. The van der Waals surface area contributed by atoms with Gasteiger partial charge in [0.25, 0.3) is 0 Å². The number of carbonyl (C=O) groups excluding carboxylic acids is 1. The van der Waals surface area contributed by atoms with Gasteiger partial charge in [0, 0.05) is 0 Å². The van der Waals surface area contributed by atoms with Crippen LogP contribution in [0, 0.1) is 0 Å². The van der Waals surface area contributed by atoms with Gasteiger partial charge in [-0.3, -0.25) is 0 Å². The summed E-state index contributed by atoms with van der Waals surface area (Å²) in [5, 5.41) is 27.2. The molecule has 0 aliphatic rings. The van der Waals surface area contributed by atoms with E-state index >= 15 is 0 Å². The van der Waals surface area contributed by atoms with E-state index in [0.29, 0.717) is 0 Å². The third kappa shape index (κ3) is 6.74.